The summed E-state index contributed by atoms with van der Waals surface area (Å²) >= 11 is 0. The molecule has 2 N–H and O–H groups in total. The molecule has 1 amide bonds. The fourth-order valence-electron chi connectivity index (χ4n) is 2.36. The standard InChI is InChI=1S/C17H34N4O2.HI/c1-14(2)8-7-10-18-17(20-13-16(22)21(3)4)19-12-15-9-5-6-11-23-15;/h14-15H,5-13H2,1-4H3,(H2,18,19,20);1H. The number of ether oxygens (including phenoxy) is 1. The first-order valence-electron chi connectivity index (χ1n) is 8.83. The Labute approximate surface area is 164 Å². The van der Waals surface area contributed by atoms with E-state index in [9.17, 15) is 4.79 Å². The van der Waals surface area contributed by atoms with Gasteiger partial charge in [0.1, 0.15) is 6.54 Å². The number of nitrogens with one attached hydrogen (secondary N) is 2. The van der Waals surface area contributed by atoms with Crippen LogP contribution in [-0.4, -0.2) is 63.2 Å². The third-order valence-electron chi connectivity index (χ3n) is 3.89. The second-order valence-corrected chi connectivity index (χ2v) is 6.79. The molecule has 0 radical (unpaired) electrons. The number of halogens is 1. The highest BCUT2D eigenvalue weighted by molar-refractivity contribution is 14.0. The molecule has 0 aliphatic carbocycles. The van der Waals surface area contributed by atoms with Gasteiger partial charge < -0.3 is 20.3 Å². The van der Waals surface area contributed by atoms with Crippen molar-refractivity contribution in [2.24, 2.45) is 10.9 Å². The Morgan fingerprint density at radius 3 is 2.62 bits per heavy atom. The van der Waals surface area contributed by atoms with Crippen molar-refractivity contribution in [3.63, 3.8) is 0 Å². The monoisotopic (exact) mass is 454 g/mol. The van der Waals surface area contributed by atoms with E-state index >= 15 is 0 Å². The average Bonchev–Trinajstić information content (AvgIpc) is 2.53. The fraction of sp³-hybridized carbons (Fsp3) is 0.882. The number of aliphatic imine (C=N–C) groups is 1. The molecule has 6 nitrogen and oxygen atoms in total. The number of guanidine groups is 1. The lowest BCUT2D eigenvalue weighted by atomic mass is 10.1. The van der Waals surface area contributed by atoms with Crippen LogP contribution in [-0.2, 0) is 9.53 Å². The van der Waals surface area contributed by atoms with E-state index < -0.39 is 0 Å². The van der Waals surface area contributed by atoms with Gasteiger partial charge in [-0.3, -0.25) is 4.79 Å². The largest absolute Gasteiger partial charge is 0.376 e. The predicted molar refractivity (Wildman–Crippen MR) is 110 cm³/mol. The summed E-state index contributed by atoms with van der Waals surface area (Å²) in [6.45, 7) is 7.07. The number of carbonyl (C=O) groups is 1. The second-order valence-electron chi connectivity index (χ2n) is 6.79. The molecule has 1 aliphatic rings. The topological polar surface area (TPSA) is 66.0 Å². The maximum atomic E-state index is 11.7. The zero-order chi connectivity index (χ0) is 17.1. The van der Waals surface area contributed by atoms with Crippen LogP contribution >= 0.6 is 24.0 Å². The Balaban J connectivity index is 0.00000529. The van der Waals surface area contributed by atoms with Crippen molar-refractivity contribution >= 4 is 35.8 Å². The number of likely N-dealkylation sites (N-methyl/N-ethyl adjacent to an activating group) is 1. The van der Waals surface area contributed by atoms with Crippen molar-refractivity contribution in [2.75, 3.05) is 40.3 Å². The van der Waals surface area contributed by atoms with Crippen LogP contribution in [0.5, 0.6) is 0 Å². The first-order valence-corrected chi connectivity index (χ1v) is 8.83. The van der Waals surface area contributed by atoms with Crippen LogP contribution in [0.15, 0.2) is 4.99 Å². The number of hydrogen-bond donors (Lipinski definition) is 2. The minimum absolute atomic E-state index is 0. The summed E-state index contributed by atoms with van der Waals surface area (Å²) in [7, 11) is 3.49. The van der Waals surface area contributed by atoms with Gasteiger partial charge in [-0.1, -0.05) is 13.8 Å². The van der Waals surface area contributed by atoms with Gasteiger partial charge in [-0.15, -0.1) is 24.0 Å². The van der Waals surface area contributed by atoms with Gasteiger partial charge in [-0.25, -0.2) is 4.99 Å². The first-order chi connectivity index (χ1) is 11.0. The van der Waals surface area contributed by atoms with Crippen molar-refractivity contribution in [2.45, 2.75) is 52.1 Å². The second kappa shape index (κ2) is 13.7. The first kappa shape index (κ1) is 23.4. The van der Waals surface area contributed by atoms with Gasteiger partial charge in [0.15, 0.2) is 5.96 Å². The molecule has 7 heteroatoms. The van der Waals surface area contributed by atoms with Crippen LogP contribution in [0.2, 0.25) is 0 Å². The molecule has 0 saturated carbocycles. The number of carbonyl (C=O) groups excluding carboxylic acids is 1. The molecule has 1 rings (SSSR count). The number of amides is 1. The number of nitrogens with zero attached hydrogens (tertiary/aromatic N) is 2. The number of rotatable bonds is 8. The molecule has 0 aromatic carbocycles. The molecule has 1 saturated heterocycles. The Hall–Kier alpha value is -0.570. The minimum atomic E-state index is 0. The molecule has 1 heterocycles. The zero-order valence-corrected chi connectivity index (χ0v) is 18.0. The van der Waals surface area contributed by atoms with Gasteiger partial charge in [0.25, 0.3) is 0 Å². The lowest BCUT2D eigenvalue weighted by molar-refractivity contribution is -0.127. The van der Waals surface area contributed by atoms with E-state index in [2.05, 4.69) is 29.5 Å². The summed E-state index contributed by atoms with van der Waals surface area (Å²) < 4.78 is 5.73. The lowest BCUT2D eigenvalue weighted by Gasteiger charge is -2.24. The Bertz CT molecular complexity index is 370. The van der Waals surface area contributed by atoms with Crippen LogP contribution < -0.4 is 10.6 Å². The van der Waals surface area contributed by atoms with E-state index in [1.807, 2.05) is 0 Å². The normalized spacial score (nSPS) is 18.0. The summed E-state index contributed by atoms with van der Waals surface area (Å²) in [5, 5.41) is 6.64. The average molecular weight is 454 g/mol. The predicted octanol–water partition coefficient (Wildman–Crippen LogP) is 2.23. The molecule has 0 aromatic heterocycles. The molecule has 24 heavy (non-hydrogen) atoms. The van der Waals surface area contributed by atoms with E-state index in [0.717, 1.165) is 39.0 Å². The van der Waals surface area contributed by atoms with E-state index in [1.54, 1.807) is 19.0 Å². The van der Waals surface area contributed by atoms with Crippen LogP contribution in [0.3, 0.4) is 0 Å². The molecule has 1 fully saturated rings. The molecule has 1 atom stereocenters. The van der Waals surface area contributed by atoms with Crippen molar-refractivity contribution in [1.29, 1.82) is 0 Å². The van der Waals surface area contributed by atoms with Crippen LogP contribution in [0.25, 0.3) is 0 Å². The van der Waals surface area contributed by atoms with Gasteiger partial charge in [0.05, 0.1) is 6.10 Å². The van der Waals surface area contributed by atoms with Gasteiger partial charge in [-0.05, 0) is 38.0 Å². The summed E-state index contributed by atoms with van der Waals surface area (Å²) in [5.74, 6) is 1.41. The van der Waals surface area contributed by atoms with Gasteiger partial charge >= 0.3 is 0 Å². The SMILES string of the molecule is CC(C)CCCNC(=NCC(=O)N(C)C)NCC1CCCCO1.I. The summed E-state index contributed by atoms with van der Waals surface area (Å²) in [5.41, 5.74) is 0. The van der Waals surface area contributed by atoms with Crippen molar-refractivity contribution in [3.05, 3.63) is 0 Å². The van der Waals surface area contributed by atoms with Crippen molar-refractivity contribution < 1.29 is 9.53 Å². The Kier molecular flexibility index (Phi) is 13.4. The molecule has 0 spiro atoms. The third-order valence-corrected chi connectivity index (χ3v) is 3.89. The minimum Gasteiger partial charge on any atom is -0.376 e. The molecule has 1 unspecified atom stereocenters. The number of hydrogen-bond acceptors (Lipinski definition) is 3. The van der Waals surface area contributed by atoms with E-state index in [4.69, 9.17) is 4.74 Å². The third kappa shape index (κ3) is 11.1. The van der Waals surface area contributed by atoms with Crippen LogP contribution in [0, 0.1) is 5.92 Å². The van der Waals surface area contributed by atoms with E-state index in [-0.39, 0.29) is 42.5 Å². The molecule has 0 aromatic rings. The summed E-state index contributed by atoms with van der Waals surface area (Å²) in [4.78, 5) is 17.7. The van der Waals surface area contributed by atoms with Gasteiger partial charge in [0.2, 0.25) is 5.91 Å². The maximum absolute atomic E-state index is 11.7. The summed E-state index contributed by atoms with van der Waals surface area (Å²) in [6.07, 6.45) is 5.99. The highest BCUT2D eigenvalue weighted by atomic mass is 127. The van der Waals surface area contributed by atoms with Crippen molar-refractivity contribution in [1.82, 2.24) is 15.5 Å². The molecule has 0 bridgehead atoms. The van der Waals surface area contributed by atoms with Gasteiger partial charge in [0, 0.05) is 33.8 Å². The van der Waals surface area contributed by atoms with Crippen LogP contribution in [0.1, 0.15) is 46.0 Å². The smallest absolute Gasteiger partial charge is 0.243 e. The Morgan fingerprint density at radius 1 is 1.29 bits per heavy atom. The Morgan fingerprint density at radius 2 is 2.04 bits per heavy atom. The quantitative estimate of drug-likeness (QED) is 0.256. The maximum Gasteiger partial charge on any atom is 0.243 e. The highest BCUT2D eigenvalue weighted by Crippen LogP contribution is 2.11. The molecule has 1 aliphatic heterocycles. The molecule has 142 valence electrons. The van der Waals surface area contributed by atoms with Gasteiger partial charge in [-0.2, -0.15) is 0 Å². The zero-order valence-electron chi connectivity index (χ0n) is 15.6. The summed E-state index contributed by atoms with van der Waals surface area (Å²) in [6, 6.07) is 0. The van der Waals surface area contributed by atoms with E-state index in [1.165, 1.54) is 12.8 Å². The lowest BCUT2D eigenvalue weighted by Crippen LogP contribution is -2.43. The van der Waals surface area contributed by atoms with Crippen LogP contribution in [0.4, 0.5) is 0 Å². The van der Waals surface area contributed by atoms with E-state index in [0.29, 0.717) is 11.9 Å². The fourth-order valence-corrected chi connectivity index (χ4v) is 2.36. The highest BCUT2D eigenvalue weighted by Gasteiger charge is 2.14. The molecular formula is C17H35IN4O2. The van der Waals surface area contributed by atoms with Crippen molar-refractivity contribution in [3.8, 4) is 0 Å². The molecular weight excluding hydrogens is 419 g/mol.